The number of aromatic nitrogens is 2. The molecule has 5 rings (SSSR count). The molecule has 26 heavy (non-hydrogen) atoms. The number of carbonyl (C=O) groups excluding carboxylic acids is 1. The molecule has 0 amide bonds. The van der Waals surface area contributed by atoms with Crippen LogP contribution in [0.1, 0.15) is 30.2 Å². The predicted octanol–water partition coefficient (Wildman–Crippen LogP) is 2.64. The van der Waals surface area contributed by atoms with Gasteiger partial charge in [0, 0.05) is 22.2 Å². The molecular weight excluding hydrogens is 380 g/mol. The van der Waals surface area contributed by atoms with Crippen LogP contribution >= 0.6 is 10.7 Å². The van der Waals surface area contributed by atoms with E-state index in [1.807, 2.05) is 0 Å². The summed E-state index contributed by atoms with van der Waals surface area (Å²) < 4.78 is 34.3. The van der Waals surface area contributed by atoms with Gasteiger partial charge in [-0.05, 0) is 37.3 Å². The van der Waals surface area contributed by atoms with Gasteiger partial charge in [-0.1, -0.05) is 17.3 Å². The molecule has 1 aromatic carbocycles. The lowest BCUT2D eigenvalue weighted by atomic mass is 9.80. The van der Waals surface area contributed by atoms with Gasteiger partial charge in [0.05, 0.1) is 16.7 Å². The molecule has 3 aliphatic rings. The first-order valence-corrected chi connectivity index (χ1v) is 10.7. The minimum atomic E-state index is -3.87. The average molecular weight is 395 g/mol. The Hall–Kier alpha value is -1.93. The standard InChI is InChI=1S/C17H15ClN2O5S/c1-7-2-3-8(6-12(7)26(18,22)23)15-19-16(25-20-15)13-9-4-10-11(5-9)24-17(21)14(10)13/h2-3,6,9-11,13-14H,4-5H2,1H3. The highest BCUT2D eigenvalue weighted by Crippen LogP contribution is 2.61. The molecule has 9 heteroatoms. The summed E-state index contributed by atoms with van der Waals surface area (Å²) in [6.07, 6.45) is 1.83. The van der Waals surface area contributed by atoms with E-state index in [2.05, 4.69) is 10.1 Å². The highest BCUT2D eigenvalue weighted by atomic mass is 35.7. The summed E-state index contributed by atoms with van der Waals surface area (Å²) in [5.74, 6) is 0.776. The molecule has 5 atom stereocenters. The minimum absolute atomic E-state index is 0.0187. The van der Waals surface area contributed by atoms with Crippen molar-refractivity contribution in [2.75, 3.05) is 0 Å². The van der Waals surface area contributed by atoms with Crippen molar-refractivity contribution in [2.45, 2.75) is 36.7 Å². The zero-order chi connectivity index (χ0) is 18.2. The van der Waals surface area contributed by atoms with Crippen molar-refractivity contribution in [1.82, 2.24) is 10.1 Å². The van der Waals surface area contributed by atoms with E-state index in [0.717, 1.165) is 12.8 Å². The summed E-state index contributed by atoms with van der Waals surface area (Å²) in [6.45, 7) is 1.66. The van der Waals surface area contributed by atoms with Gasteiger partial charge in [0.25, 0.3) is 9.05 Å². The van der Waals surface area contributed by atoms with Gasteiger partial charge in [0.2, 0.25) is 11.7 Å². The van der Waals surface area contributed by atoms with Crippen molar-refractivity contribution < 1.29 is 22.5 Å². The van der Waals surface area contributed by atoms with Gasteiger partial charge in [-0.15, -0.1) is 0 Å². The van der Waals surface area contributed by atoms with Gasteiger partial charge >= 0.3 is 5.97 Å². The van der Waals surface area contributed by atoms with Crippen LogP contribution in [0.25, 0.3) is 11.4 Å². The van der Waals surface area contributed by atoms with Crippen LogP contribution in [0.2, 0.25) is 0 Å². The van der Waals surface area contributed by atoms with Crippen molar-refractivity contribution in [3.63, 3.8) is 0 Å². The molecule has 2 saturated carbocycles. The van der Waals surface area contributed by atoms with Gasteiger partial charge in [-0.25, -0.2) is 8.42 Å². The fourth-order valence-electron chi connectivity index (χ4n) is 4.83. The van der Waals surface area contributed by atoms with Crippen LogP contribution in [0.5, 0.6) is 0 Å². The van der Waals surface area contributed by atoms with Crippen LogP contribution in [0.15, 0.2) is 27.6 Å². The third-order valence-electron chi connectivity index (χ3n) is 5.92. The van der Waals surface area contributed by atoms with Crippen molar-refractivity contribution in [3.05, 3.63) is 29.7 Å². The number of carbonyl (C=O) groups is 1. The third-order valence-corrected chi connectivity index (χ3v) is 7.38. The average Bonchev–Trinajstić information content (AvgIpc) is 3.29. The van der Waals surface area contributed by atoms with Crippen molar-refractivity contribution >= 4 is 25.7 Å². The van der Waals surface area contributed by atoms with Crippen LogP contribution in [0, 0.1) is 24.7 Å². The van der Waals surface area contributed by atoms with E-state index < -0.39 is 9.05 Å². The third kappa shape index (κ3) is 2.24. The molecule has 2 aromatic rings. The second-order valence-corrected chi connectivity index (χ2v) is 9.83. The first kappa shape index (κ1) is 16.3. The monoisotopic (exact) mass is 394 g/mol. The quantitative estimate of drug-likeness (QED) is 0.582. The van der Waals surface area contributed by atoms with E-state index >= 15 is 0 Å². The summed E-state index contributed by atoms with van der Waals surface area (Å²) in [5.41, 5.74) is 1.04. The Bertz CT molecular complexity index is 1030. The summed E-state index contributed by atoms with van der Waals surface area (Å²) in [7, 11) is 1.62. The van der Waals surface area contributed by atoms with Gasteiger partial charge in [0.15, 0.2) is 0 Å². The molecule has 1 aromatic heterocycles. The number of esters is 1. The highest BCUT2D eigenvalue weighted by molar-refractivity contribution is 8.13. The Labute approximate surface area is 154 Å². The van der Waals surface area contributed by atoms with E-state index in [9.17, 15) is 13.2 Å². The Morgan fingerprint density at radius 3 is 2.81 bits per heavy atom. The molecule has 2 aliphatic carbocycles. The zero-order valence-corrected chi connectivity index (χ0v) is 15.3. The molecule has 0 spiro atoms. The number of hydrogen-bond acceptors (Lipinski definition) is 7. The van der Waals surface area contributed by atoms with Crippen molar-refractivity contribution in [2.24, 2.45) is 17.8 Å². The zero-order valence-electron chi connectivity index (χ0n) is 13.8. The van der Waals surface area contributed by atoms with Crippen LogP contribution in [0.3, 0.4) is 0 Å². The van der Waals surface area contributed by atoms with E-state index in [1.165, 1.54) is 6.07 Å². The number of ether oxygens (including phenoxy) is 1. The fraction of sp³-hybridized carbons (Fsp3) is 0.471. The lowest BCUT2D eigenvalue weighted by Gasteiger charge is -2.20. The first-order valence-electron chi connectivity index (χ1n) is 8.42. The normalized spacial score (nSPS) is 32.2. The molecule has 136 valence electrons. The summed E-state index contributed by atoms with van der Waals surface area (Å²) in [6, 6.07) is 4.81. The molecule has 1 saturated heterocycles. The SMILES string of the molecule is Cc1ccc(-c2noc(C3C4CC5OC(=O)C3C5C4)n2)cc1S(=O)(=O)Cl. The lowest BCUT2D eigenvalue weighted by molar-refractivity contribution is -0.143. The molecule has 2 heterocycles. The van der Waals surface area contributed by atoms with Gasteiger partial charge < -0.3 is 9.26 Å². The highest BCUT2D eigenvalue weighted by Gasteiger charge is 2.63. The molecule has 2 bridgehead atoms. The second kappa shape index (κ2) is 5.29. The number of hydrogen-bond donors (Lipinski definition) is 0. The maximum absolute atomic E-state index is 12.2. The lowest BCUT2D eigenvalue weighted by Crippen LogP contribution is -2.24. The molecule has 0 N–H and O–H groups in total. The Balaban J connectivity index is 1.51. The number of nitrogens with zero attached hydrogens (tertiary/aromatic N) is 2. The molecule has 5 unspecified atom stereocenters. The minimum Gasteiger partial charge on any atom is -0.462 e. The predicted molar refractivity (Wildman–Crippen MR) is 89.8 cm³/mol. The Kier molecular flexibility index (Phi) is 3.31. The summed E-state index contributed by atoms with van der Waals surface area (Å²) in [5, 5.41) is 4.00. The topological polar surface area (TPSA) is 99.4 Å². The van der Waals surface area contributed by atoms with E-state index in [4.69, 9.17) is 19.9 Å². The van der Waals surface area contributed by atoms with Crippen molar-refractivity contribution in [1.29, 1.82) is 0 Å². The molecular formula is C17H15ClN2O5S. The molecule has 3 fully saturated rings. The molecule has 1 aliphatic heterocycles. The molecule has 7 nitrogen and oxygen atoms in total. The maximum Gasteiger partial charge on any atom is 0.310 e. The fourth-order valence-corrected chi connectivity index (χ4v) is 6.05. The van der Waals surface area contributed by atoms with Crippen LogP contribution in [-0.2, 0) is 18.6 Å². The largest absolute Gasteiger partial charge is 0.462 e. The second-order valence-electron chi connectivity index (χ2n) is 7.30. The van der Waals surface area contributed by atoms with E-state index in [0.29, 0.717) is 22.9 Å². The van der Waals surface area contributed by atoms with Gasteiger partial charge in [-0.3, -0.25) is 4.79 Å². The first-order chi connectivity index (χ1) is 12.3. The van der Waals surface area contributed by atoms with Gasteiger partial charge in [0.1, 0.15) is 6.10 Å². The maximum atomic E-state index is 12.2. The van der Waals surface area contributed by atoms with Crippen LogP contribution in [-0.4, -0.2) is 30.6 Å². The smallest absolute Gasteiger partial charge is 0.310 e. The Morgan fingerprint density at radius 1 is 1.23 bits per heavy atom. The summed E-state index contributed by atoms with van der Waals surface area (Å²) >= 11 is 0. The van der Waals surface area contributed by atoms with Crippen molar-refractivity contribution in [3.8, 4) is 11.4 Å². The number of fused-ring (bicyclic) bond motifs is 1. The Morgan fingerprint density at radius 2 is 2.04 bits per heavy atom. The van der Waals surface area contributed by atoms with E-state index in [-0.39, 0.29) is 40.5 Å². The number of benzene rings is 1. The van der Waals surface area contributed by atoms with Gasteiger partial charge in [-0.2, -0.15) is 4.98 Å². The number of rotatable bonds is 3. The van der Waals surface area contributed by atoms with E-state index in [1.54, 1.807) is 19.1 Å². The summed E-state index contributed by atoms with van der Waals surface area (Å²) in [4.78, 5) is 16.6. The number of aryl methyl sites for hydroxylation is 1. The van der Waals surface area contributed by atoms with Crippen LogP contribution in [0.4, 0.5) is 0 Å². The molecule has 0 radical (unpaired) electrons. The van der Waals surface area contributed by atoms with Crippen LogP contribution < -0.4 is 0 Å². The number of halogens is 1.